The van der Waals surface area contributed by atoms with E-state index in [1.807, 2.05) is 0 Å². The molecule has 0 unspecified atom stereocenters. The Morgan fingerprint density at radius 3 is 2.58 bits per heavy atom. The van der Waals surface area contributed by atoms with Crippen molar-refractivity contribution < 1.29 is 17.7 Å². The van der Waals surface area contributed by atoms with Gasteiger partial charge in [0, 0.05) is 25.2 Å². The summed E-state index contributed by atoms with van der Waals surface area (Å²) in [5, 5.41) is 3.87. The Bertz CT molecular complexity index is 842. The van der Waals surface area contributed by atoms with E-state index in [-0.39, 0.29) is 11.7 Å². The summed E-state index contributed by atoms with van der Waals surface area (Å²) in [7, 11) is -1.52. The van der Waals surface area contributed by atoms with Crippen LogP contribution in [0.5, 0.6) is 0 Å². The van der Waals surface area contributed by atoms with Crippen molar-refractivity contribution in [2.45, 2.75) is 19.9 Å². The standard InChI is InChI=1S/C16H19N3O4S/c1-12-10-14(17-23-12)11-18(2)16(20)13-4-6-15(7-5-13)19-8-3-9-24(19,21)22/h4-7,10H,3,8-9,11H2,1-2H3. The van der Waals surface area contributed by atoms with Gasteiger partial charge in [0.05, 0.1) is 18.0 Å². The summed E-state index contributed by atoms with van der Waals surface area (Å²) < 4.78 is 30.2. The highest BCUT2D eigenvalue weighted by atomic mass is 32.2. The van der Waals surface area contributed by atoms with Gasteiger partial charge >= 0.3 is 0 Å². The number of amides is 1. The van der Waals surface area contributed by atoms with E-state index in [0.717, 1.165) is 0 Å². The smallest absolute Gasteiger partial charge is 0.253 e. The molecule has 0 saturated carbocycles. The van der Waals surface area contributed by atoms with Crippen molar-refractivity contribution in [1.29, 1.82) is 0 Å². The van der Waals surface area contributed by atoms with E-state index >= 15 is 0 Å². The number of nitrogens with zero attached hydrogens (tertiary/aromatic N) is 3. The summed E-state index contributed by atoms with van der Waals surface area (Å²) in [6, 6.07) is 8.42. The van der Waals surface area contributed by atoms with Crippen molar-refractivity contribution in [2.24, 2.45) is 0 Å². The predicted octanol–water partition coefficient (Wildman–Crippen LogP) is 1.80. The van der Waals surface area contributed by atoms with Gasteiger partial charge in [0.2, 0.25) is 10.0 Å². The number of sulfonamides is 1. The zero-order valence-electron chi connectivity index (χ0n) is 13.6. The van der Waals surface area contributed by atoms with E-state index in [9.17, 15) is 13.2 Å². The molecule has 0 spiro atoms. The molecule has 7 nitrogen and oxygen atoms in total. The third kappa shape index (κ3) is 3.28. The molecule has 2 heterocycles. The maximum atomic E-state index is 12.5. The maximum Gasteiger partial charge on any atom is 0.253 e. The average Bonchev–Trinajstić information content (AvgIpc) is 3.11. The number of carbonyl (C=O) groups is 1. The number of benzene rings is 1. The normalized spacial score (nSPS) is 16.3. The van der Waals surface area contributed by atoms with Crippen LogP contribution in [0.25, 0.3) is 0 Å². The number of carbonyl (C=O) groups excluding carboxylic acids is 1. The lowest BCUT2D eigenvalue weighted by atomic mass is 10.1. The molecule has 1 aliphatic rings. The van der Waals surface area contributed by atoms with E-state index < -0.39 is 10.0 Å². The number of aromatic nitrogens is 1. The molecular formula is C16H19N3O4S. The first kappa shape index (κ1) is 16.5. The fourth-order valence-corrected chi connectivity index (χ4v) is 4.29. The first-order chi connectivity index (χ1) is 11.4. The minimum atomic E-state index is -3.21. The molecule has 0 atom stereocenters. The first-order valence-electron chi connectivity index (χ1n) is 7.65. The number of anilines is 1. The molecule has 1 saturated heterocycles. The summed E-state index contributed by atoms with van der Waals surface area (Å²) in [4.78, 5) is 14.0. The van der Waals surface area contributed by atoms with Gasteiger partial charge in [0.25, 0.3) is 5.91 Å². The second kappa shape index (κ2) is 6.27. The van der Waals surface area contributed by atoms with Crippen LogP contribution in [0.3, 0.4) is 0 Å². The van der Waals surface area contributed by atoms with Crippen molar-refractivity contribution in [2.75, 3.05) is 23.7 Å². The van der Waals surface area contributed by atoms with Crippen molar-refractivity contribution >= 4 is 21.6 Å². The molecule has 3 rings (SSSR count). The van der Waals surface area contributed by atoms with Gasteiger partial charge in [-0.05, 0) is 37.6 Å². The van der Waals surface area contributed by atoms with Gasteiger partial charge in [-0.15, -0.1) is 0 Å². The number of rotatable bonds is 4. The van der Waals surface area contributed by atoms with Crippen LogP contribution in [-0.4, -0.2) is 43.7 Å². The molecule has 8 heteroatoms. The minimum absolute atomic E-state index is 0.161. The molecular weight excluding hydrogens is 330 g/mol. The molecule has 0 aliphatic carbocycles. The van der Waals surface area contributed by atoms with Gasteiger partial charge in [-0.2, -0.15) is 0 Å². The van der Waals surface area contributed by atoms with Crippen LogP contribution in [-0.2, 0) is 16.6 Å². The number of hydrogen-bond acceptors (Lipinski definition) is 5. The lowest BCUT2D eigenvalue weighted by Crippen LogP contribution is -2.27. The molecule has 0 N–H and O–H groups in total. The van der Waals surface area contributed by atoms with Crippen molar-refractivity contribution in [3.05, 3.63) is 47.3 Å². The molecule has 1 aromatic heterocycles. The van der Waals surface area contributed by atoms with Crippen molar-refractivity contribution in [3.8, 4) is 0 Å². The summed E-state index contributed by atoms with van der Waals surface area (Å²) in [6.45, 7) is 2.63. The van der Waals surface area contributed by atoms with Gasteiger partial charge in [-0.3, -0.25) is 9.10 Å². The highest BCUT2D eigenvalue weighted by Gasteiger charge is 2.28. The van der Waals surface area contributed by atoms with Gasteiger partial charge < -0.3 is 9.42 Å². The van der Waals surface area contributed by atoms with Gasteiger partial charge in [0.1, 0.15) is 11.5 Å². The van der Waals surface area contributed by atoms with Crippen LogP contribution in [0.2, 0.25) is 0 Å². The Labute approximate surface area is 140 Å². The molecule has 0 bridgehead atoms. The SMILES string of the molecule is Cc1cc(CN(C)C(=O)c2ccc(N3CCCS3(=O)=O)cc2)no1. The second-order valence-corrected chi connectivity index (χ2v) is 7.89. The topological polar surface area (TPSA) is 83.7 Å². The summed E-state index contributed by atoms with van der Waals surface area (Å²) >= 11 is 0. The monoisotopic (exact) mass is 349 g/mol. The molecule has 1 aliphatic heterocycles. The van der Waals surface area contributed by atoms with Crippen LogP contribution in [0.15, 0.2) is 34.9 Å². The molecule has 1 fully saturated rings. The molecule has 2 aromatic rings. The Balaban J connectivity index is 1.71. The third-order valence-electron chi connectivity index (χ3n) is 3.92. The van der Waals surface area contributed by atoms with Crippen molar-refractivity contribution in [1.82, 2.24) is 10.1 Å². The first-order valence-corrected chi connectivity index (χ1v) is 9.26. The van der Waals surface area contributed by atoms with E-state index in [2.05, 4.69) is 5.16 Å². The molecule has 0 radical (unpaired) electrons. The van der Waals surface area contributed by atoms with Gasteiger partial charge in [-0.1, -0.05) is 5.16 Å². The van der Waals surface area contributed by atoms with Crippen LogP contribution in [0, 0.1) is 6.92 Å². The van der Waals surface area contributed by atoms with Crippen molar-refractivity contribution in [3.63, 3.8) is 0 Å². The largest absolute Gasteiger partial charge is 0.361 e. The van der Waals surface area contributed by atoms with E-state index in [1.165, 1.54) is 4.31 Å². The zero-order valence-corrected chi connectivity index (χ0v) is 14.4. The summed E-state index contributed by atoms with van der Waals surface area (Å²) in [5.74, 6) is 0.710. The molecule has 1 amide bonds. The lowest BCUT2D eigenvalue weighted by Gasteiger charge is -2.18. The molecule has 1 aromatic carbocycles. The van der Waals surface area contributed by atoms with Crippen LogP contribution in [0.1, 0.15) is 28.2 Å². The average molecular weight is 349 g/mol. The number of aryl methyl sites for hydroxylation is 1. The van der Waals surface area contributed by atoms with E-state index in [4.69, 9.17) is 4.52 Å². The van der Waals surface area contributed by atoms with Crippen LogP contribution < -0.4 is 4.31 Å². The Hall–Kier alpha value is -2.35. The van der Waals surface area contributed by atoms with Gasteiger partial charge in [0.15, 0.2) is 0 Å². The fraction of sp³-hybridized carbons (Fsp3) is 0.375. The van der Waals surface area contributed by atoms with Gasteiger partial charge in [-0.25, -0.2) is 8.42 Å². The van der Waals surface area contributed by atoms with E-state index in [1.54, 1.807) is 49.2 Å². The van der Waals surface area contributed by atoms with Crippen LogP contribution in [0.4, 0.5) is 5.69 Å². The second-order valence-electron chi connectivity index (χ2n) is 5.88. The highest BCUT2D eigenvalue weighted by molar-refractivity contribution is 7.93. The lowest BCUT2D eigenvalue weighted by molar-refractivity contribution is 0.0782. The van der Waals surface area contributed by atoms with E-state index in [0.29, 0.717) is 42.2 Å². The number of hydrogen-bond donors (Lipinski definition) is 0. The quantitative estimate of drug-likeness (QED) is 0.840. The molecule has 128 valence electrons. The Morgan fingerprint density at radius 2 is 2.04 bits per heavy atom. The Kier molecular flexibility index (Phi) is 4.31. The molecule has 24 heavy (non-hydrogen) atoms. The minimum Gasteiger partial charge on any atom is -0.361 e. The fourth-order valence-electron chi connectivity index (χ4n) is 2.73. The van der Waals surface area contributed by atoms with Crippen LogP contribution >= 0.6 is 0 Å². The summed E-state index contributed by atoms with van der Waals surface area (Å²) in [6.07, 6.45) is 0.628. The Morgan fingerprint density at radius 1 is 1.33 bits per heavy atom. The third-order valence-corrected chi connectivity index (χ3v) is 5.79. The maximum absolute atomic E-state index is 12.5. The summed E-state index contributed by atoms with van der Waals surface area (Å²) in [5.41, 5.74) is 1.78. The zero-order chi connectivity index (χ0) is 17.3. The highest BCUT2D eigenvalue weighted by Crippen LogP contribution is 2.24. The predicted molar refractivity (Wildman–Crippen MR) is 89.2 cm³/mol.